The molecule has 276 valence electrons. The van der Waals surface area contributed by atoms with Crippen molar-refractivity contribution in [3.63, 3.8) is 0 Å². The predicted molar refractivity (Wildman–Crippen MR) is 230 cm³/mol. The molecule has 5 aromatic rings. The van der Waals surface area contributed by atoms with Crippen molar-refractivity contribution in [3.05, 3.63) is 120 Å². The molecule has 1 amide bonds. The third-order valence-electron chi connectivity index (χ3n) is 10.2. The zero-order valence-corrected chi connectivity index (χ0v) is 33.5. The Morgan fingerprint density at radius 3 is 1.40 bits per heavy atom. The Kier molecular flexibility index (Phi) is 13.6. The monoisotopic (exact) mass is 743 g/mol. The van der Waals surface area contributed by atoms with Crippen molar-refractivity contribution in [2.24, 2.45) is 0 Å². The first kappa shape index (κ1) is 38.5. The summed E-state index contributed by atoms with van der Waals surface area (Å²) in [5.74, 6) is -0.0682. The highest BCUT2D eigenvalue weighted by Gasteiger charge is 2.30. The second-order valence-electron chi connectivity index (χ2n) is 14.0. The van der Waals surface area contributed by atoms with Gasteiger partial charge in [0.25, 0.3) is 5.91 Å². The Bertz CT molecular complexity index is 1850. The Morgan fingerprint density at radius 2 is 0.981 bits per heavy atom. The smallest absolute Gasteiger partial charge is 0.262 e. The van der Waals surface area contributed by atoms with E-state index >= 15 is 0 Å². The Labute approximate surface area is 327 Å². The standard InChI is InChI=1S/C47H54ClN3OS/c1-5-9-29-49(30-10-6-2)41-19-15-13-17-39(41)36-23-27-43-45(33-36)53-46-34-37(24-28-44(46)51(43)47(52)35-21-25-38(48)26-22-35)40-18-14-16-20-42(40)50(31-11-7-3)32-12-8-4/h13-28,33-34H,5-12,29-32H2,1-4H3. The van der Waals surface area contributed by atoms with E-state index in [9.17, 15) is 4.79 Å². The molecule has 0 fully saturated rings. The van der Waals surface area contributed by atoms with Crippen LogP contribution in [0.4, 0.5) is 22.7 Å². The van der Waals surface area contributed by atoms with Crippen molar-refractivity contribution in [2.45, 2.75) is 88.9 Å². The van der Waals surface area contributed by atoms with Crippen LogP contribution in [0, 0.1) is 0 Å². The number of carbonyl (C=O) groups excluding carboxylic acids is 1. The number of amides is 1. The normalized spacial score (nSPS) is 12.0. The van der Waals surface area contributed by atoms with E-state index in [0.29, 0.717) is 10.6 Å². The van der Waals surface area contributed by atoms with Crippen LogP contribution in [-0.4, -0.2) is 32.1 Å². The van der Waals surface area contributed by atoms with Crippen LogP contribution < -0.4 is 14.7 Å². The molecule has 0 saturated carbocycles. The summed E-state index contributed by atoms with van der Waals surface area (Å²) in [7, 11) is 0. The van der Waals surface area contributed by atoms with Crippen LogP contribution in [0.1, 0.15) is 89.4 Å². The molecule has 0 saturated heterocycles. The average molecular weight is 744 g/mol. The van der Waals surface area contributed by atoms with Gasteiger partial charge < -0.3 is 9.80 Å². The molecule has 0 N–H and O–H groups in total. The third kappa shape index (κ3) is 8.96. The zero-order valence-electron chi connectivity index (χ0n) is 31.9. The second kappa shape index (κ2) is 18.7. The molecule has 0 spiro atoms. The number of unbranched alkanes of at least 4 members (excludes halogenated alkanes) is 4. The van der Waals surface area contributed by atoms with Crippen molar-refractivity contribution in [3.8, 4) is 22.3 Å². The first-order chi connectivity index (χ1) is 26.0. The second-order valence-corrected chi connectivity index (χ2v) is 15.6. The van der Waals surface area contributed by atoms with E-state index < -0.39 is 0 Å². The molecule has 0 bridgehead atoms. The van der Waals surface area contributed by atoms with Crippen molar-refractivity contribution in [1.29, 1.82) is 0 Å². The summed E-state index contributed by atoms with van der Waals surface area (Å²) in [6.45, 7) is 13.2. The van der Waals surface area contributed by atoms with Crippen LogP contribution in [0.15, 0.2) is 119 Å². The van der Waals surface area contributed by atoms with Gasteiger partial charge in [0.05, 0.1) is 11.4 Å². The summed E-state index contributed by atoms with van der Waals surface area (Å²) < 4.78 is 0. The summed E-state index contributed by atoms with van der Waals surface area (Å²) in [4.78, 5) is 23.7. The van der Waals surface area contributed by atoms with Crippen LogP contribution in [0.3, 0.4) is 0 Å². The molecule has 6 heteroatoms. The number of fused-ring (bicyclic) bond motifs is 2. The summed E-state index contributed by atoms with van der Waals surface area (Å²) in [6.07, 6.45) is 9.32. The van der Waals surface area contributed by atoms with E-state index in [1.54, 1.807) is 23.9 Å². The zero-order chi connectivity index (χ0) is 37.2. The van der Waals surface area contributed by atoms with Gasteiger partial charge in [-0.05, 0) is 97.5 Å². The number of hydrogen-bond acceptors (Lipinski definition) is 4. The summed E-state index contributed by atoms with van der Waals surface area (Å²) in [6, 6.07) is 38.1. The topological polar surface area (TPSA) is 26.8 Å². The number of benzene rings is 5. The fraction of sp³-hybridized carbons (Fsp3) is 0.340. The van der Waals surface area contributed by atoms with Crippen LogP contribution in [0.5, 0.6) is 0 Å². The Morgan fingerprint density at radius 1 is 0.566 bits per heavy atom. The molecule has 1 aliphatic rings. The molecule has 0 atom stereocenters. The van der Waals surface area contributed by atoms with Crippen LogP contribution in [0.25, 0.3) is 22.3 Å². The lowest BCUT2D eigenvalue weighted by molar-refractivity contribution is 0.0998. The Hall–Kier alpha value is -4.19. The highest BCUT2D eigenvalue weighted by atomic mass is 35.5. The van der Waals surface area contributed by atoms with Crippen molar-refractivity contribution in [1.82, 2.24) is 0 Å². The molecule has 0 unspecified atom stereocenters. The van der Waals surface area contributed by atoms with Gasteiger partial charge >= 0.3 is 0 Å². The van der Waals surface area contributed by atoms with Crippen LogP contribution in [0.2, 0.25) is 5.02 Å². The molecular weight excluding hydrogens is 690 g/mol. The van der Waals surface area contributed by atoms with E-state index in [1.165, 1.54) is 48.2 Å². The molecule has 5 aromatic carbocycles. The number of halogens is 1. The van der Waals surface area contributed by atoms with Gasteiger partial charge in [0.15, 0.2) is 0 Å². The van der Waals surface area contributed by atoms with E-state index in [2.05, 4.69) is 122 Å². The molecule has 0 aliphatic carbocycles. The van der Waals surface area contributed by atoms with Crippen molar-refractivity contribution < 1.29 is 4.79 Å². The molecule has 1 aliphatic heterocycles. The fourth-order valence-corrected chi connectivity index (χ4v) is 8.44. The summed E-state index contributed by atoms with van der Waals surface area (Å²) in [5.41, 5.74) is 9.74. The molecular formula is C47H54ClN3OS. The maximum atomic E-state index is 14.5. The lowest BCUT2D eigenvalue weighted by atomic mass is 10.00. The molecule has 1 heterocycles. The van der Waals surface area contributed by atoms with Gasteiger partial charge in [0.2, 0.25) is 0 Å². The maximum absolute atomic E-state index is 14.5. The molecule has 4 nitrogen and oxygen atoms in total. The number of anilines is 4. The maximum Gasteiger partial charge on any atom is 0.262 e. The number of para-hydroxylation sites is 2. The van der Waals surface area contributed by atoms with Gasteiger partial charge in [-0.1, -0.05) is 125 Å². The minimum atomic E-state index is -0.0682. The summed E-state index contributed by atoms with van der Waals surface area (Å²) >= 11 is 8.02. The van der Waals surface area contributed by atoms with Crippen molar-refractivity contribution >= 4 is 52.0 Å². The van der Waals surface area contributed by atoms with E-state index in [1.807, 2.05) is 17.0 Å². The van der Waals surface area contributed by atoms with E-state index in [0.717, 1.165) is 84.2 Å². The van der Waals surface area contributed by atoms with Gasteiger partial charge in [0, 0.05) is 69.1 Å². The minimum absolute atomic E-state index is 0.0682. The largest absolute Gasteiger partial charge is 0.371 e. The van der Waals surface area contributed by atoms with E-state index in [-0.39, 0.29) is 5.91 Å². The average Bonchev–Trinajstić information content (AvgIpc) is 3.20. The molecule has 0 aromatic heterocycles. The lowest BCUT2D eigenvalue weighted by Gasteiger charge is -2.33. The summed E-state index contributed by atoms with van der Waals surface area (Å²) in [5, 5.41) is 0.613. The number of nitrogens with zero attached hydrogens (tertiary/aromatic N) is 3. The van der Waals surface area contributed by atoms with Gasteiger partial charge in [-0.3, -0.25) is 9.69 Å². The highest BCUT2D eigenvalue weighted by Crippen LogP contribution is 2.51. The fourth-order valence-electron chi connectivity index (χ4n) is 7.17. The highest BCUT2D eigenvalue weighted by molar-refractivity contribution is 7.99. The number of carbonyl (C=O) groups is 1. The SMILES string of the molecule is CCCCN(CCCC)c1ccccc1-c1ccc2c(c1)Sc1cc(-c3ccccc3N(CCCC)CCCC)ccc1N2C(=O)c1ccc(Cl)cc1. The van der Waals surface area contributed by atoms with Crippen LogP contribution in [-0.2, 0) is 0 Å². The van der Waals surface area contributed by atoms with Crippen molar-refractivity contribution in [2.75, 3.05) is 40.9 Å². The minimum Gasteiger partial charge on any atom is -0.371 e. The third-order valence-corrected chi connectivity index (χ3v) is 11.5. The molecule has 53 heavy (non-hydrogen) atoms. The Balaban J connectivity index is 1.45. The number of hydrogen-bond donors (Lipinski definition) is 0. The quantitative estimate of drug-likeness (QED) is 0.0947. The lowest BCUT2D eigenvalue weighted by Crippen LogP contribution is -2.28. The first-order valence-electron chi connectivity index (χ1n) is 19.7. The predicted octanol–water partition coefficient (Wildman–Crippen LogP) is 13.9. The van der Waals surface area contributed by atoms with E-state index in [4.69, 9.17) is 11.6 Å². The molecule has 6 rings (SSSR count). The van der Waals surface area contributed by atoms with Gasteiger partial charge in [-0.2, -0.15) is 0 Å². The molecule has 0 radical (unpaired) electrons. The van der Waals surface area contributed by atoms with Crippen LogP contribution >= 0.6 is 23.4 Å². The van der Waals surface area contributed by atoms with Gasteiger partial charge in [-0.15, -0.1) is 0 Å². The van der Waals surface area contributed by atoms with Gasteiger partial charge in [0.1, 0.15) is 0 Å². The first-order valence-corrected chi connectivity index (χ1v) is 20.9. The van der Waals surface area contributed by atoms with Gasteiger partial charge in [-0.25, -0.2) is 0 Å². The number of rotatable bonds is 17.